The van der Waals surface area contributed by atoms with E-state index in [0.717, 1.165) is 5.75 Å². The summed E-state index contributed by atoms with van der Waals surface area (Å²) >= 11 is 7.46. The van der Waals surface area contributed by atoms with Gasteiger partial charge in [-0.1, -0.05) is 11.6 Å². The van der Waals surface area contributed by atoms with Gasteiger partial charge in [-0.05, 0) is 61.2 Å². The molecule has 1 aromatic heterocycles. The zero-order valence-electron chi connectivity index (χ0n) is 17.6. The second-order valence-electron chi connectivity index (χ2n) is 6.88. The summed E-state index contributed by atoms with van der Waals surface area (Å²) in [6.45, 7) is 2.35. The van der Waals surface area contributed by atoms with E-state index in [1.807, 2.05) is 31.2 Å². The molecule has 10 heteroatoms. The smallest absolute Gasteiger partial charge is 0.270 e. The normalized spacial score (nSPS) is 16.1. The van der Waals surface area contributed by atoms with E-state index in [0.29, 0.717) is 39.4 Å². The summed E-state index contributed by atoms with van der Waals surface area (Å²) < 4.78 is 11.0. The maximum atomic E-state index is 12.9. The second-order valence-corrected chi connectivity index (χ2v) is 8.29. The number of nitro groups is 1. The summed E-state index contributed by atoms with van der Waals surface area (Å²) in [5.74, 6) is 1.46. The molecule has 0 spiro atoms. The maximum Gasteiger partial charge on any atom is 0.270 e. The Hall–Kier alpha value is -3.56. The van der Waals surface area contributed by atoms with E-state index >= 15 is 0 Å². The van der Waals surface area contributed by atoms with Gasteiger partial charge in [0.05, 0.1) is 27.6 Å². The van der Waals surface area contributed by atoms with Gasteiger partial charge in [-0.15, -0.1) is 0 Å². The molecule has 1 aliphatic rings. The van der Waals surface area contributed by atoms with Crippen molar-refractivity contribution in [3.05, 3.63) is 80.4 Å². The van der Waals surface area contributed by atoms with Crippen LogP contribution in [-0.2, 0) is 4.79 Å². The molecule has 0 atom stereocenters. The van der Waals surface area contributed by atoms with Crippen LogP contribution in [0, 0.1) is 10.1 Å². The van der Waals surface area contributed by atoms with Crippen LogP contribution in [0.4, 0.5) is 11.4 Å². The van der Waals surface area contributed by atoms with E-state index in [4.69, 9.17) is 20.8 Å². The van der Waals surface area contributed by atoms with Crippen molar-refractivity contribution in [1.29, 1.82) is 0 Å². The van der Waals surface area contributed by atoms with Crippen LogP contribution in [-0.4, -0.2) is 34.6 Å². The molecule has 8 nitrogen and oxygen atoms in total. The summed E-state index contributed by atoms with van der Waals surface area (Å²) in [6, 6.07) is 14.8. The van der Waals surface area contributed by atoms with Gasteiger partial charge in [0.25, 0.3) is 11.6 Å². The fourth-order valence-electron chi connectivity index (χ4n) is 3.16. The van der Waals surface area contributed by atoms with Crippen LogP contribution < -0.4 is 4.74 Å². The molecule has 0 radical (unpaired) electrons. The van der Waals surface area contributed by atoms with E-state index in [-0.39, 0.29) is 16.6 Å². The Morgan fingerprint density at radius 1 is 1.21 bits per heavy atom. The van der Waals surface area contributed by atoms with Gasteiger partial charge < -0.3 is 9.15 Å². The number of non-ortho nitro benzene ring substituents is 1. The molecule has 0 unspecified atom stereocenters. The van der Waals surface area contributed by atoms with E-state index in [9.17, 15) is 14.9 Å². The molecule has 4 rings (SSSR count). The number of carbonyl (C=O) groups is 1. The molecular weight excluding hydrogens is 466 g/mol. The van der Waals surface area contributed by atoms with Crippen molar-refractivity contribution in [3.63, 3.8) is 0 Å². The van der Waals surface area contributed by atoms with Crippen LogP contribution in [0.3, 0.4) is 0 Å². The summed E-state index contributed by atoms with van der Waals surface area (Å²) in [6.07, 6.45) is 1.65. The van der Waals surface area contributed by atoms with Crippen molar-refractivity contribution in [3.8, 4) is 17.1 Å². The fourth-order valence-corrected chi connectivity index (χ4v) is 4.47. The Morgan fingerprint density at radius 3 is 2.61 bits per heavy atom. The summed E-state index contributed by atoms with van der Waals surface area (Å²) in [7, 11) is 1.60. The minimum absolute atomic E-state index is 0.103. The van der Waals surface area contributed by atoms with E-state index in [1.54, 1.807) is 30.2 Å². The Bertz CT molecular complexity index is 1280. The van der Waals surface area contributed by atoms with Crippen LogP contribution in [0.5, 0.6) is 5.75 Å². The van der Waals surface area contributed by atoms with Crippen LogP contribution in [0.15, 0.2) is 68.9 Å². The first-order valence-corrected chi connectivity index (χ1v) is 11.1. The first-order chi connectivity index (χ1) is 15.9. The van der Waals surface area contributed by atoms with Crippen LogP contribution in [0.25, 0.3) is 17.4 Å². The lowest BCUT2D eigenvalue weighted by Gasteiger charge is -2.12. The highest BCUT2D eigenvalue weighted by atomic mass is 35.5. The minimum atomic E-state index is -0.513. The van der Waals surface area contributed by atoms with Crippen molar-refractivity contribution in [2.45, 2.75) is 6.92 Å². The molecule has 0 N–H and O–H groups in total. The van der Waals surface area contributed by atoms with Gasteiger partial charge in [-0.25, -0.2) is 4.99 Å². The molecule has 3 aromatic rings. The number of thioether (sulfide) groups is 1. The maximum absolute atomic E-state index is 12.9. The third-order valence-electron chi connectivity index (χ3n) is 4.83. The average molecular weight is 484 g/mol. The topological polar surface area (TPSA) is 98.2 Å². The molecule has 2 heterocycles. The number of carbonyl (C=O) groups excluding carboxylic acids is 1. The number of nitrogens with zero attached hydrogens (tertiary/aromatic N) is 3. The summed E-state index contributed by atoms with van der Waals surface area (Å²) in [5, 5.41) is 11.7. The van der Waals surface area contributed by atoms with Gasteiger partial charge in [-0.3, -0.25) is 19.8 Å². The molecule has 33 heavy (non-hydrogen) atoms. The number of halogens is 1. The van der Waals surface area contributed by atoms with Crippen molar-refractivity contribution in [2.75, 3.05) is 13.7 Å². The van der Waals surface area contributed by atoms with Gasteiger partial charge in [0, 0.05) is 30.3 Å². The lowest BCUT2D eigenvalue weighted by atomic mass is 10.1. The number of hydrogen-bond acceptors (Lipinski definition) is 7. The molecule has 0 saturated carbocycles. The summed E-state index contributed by atoms with van der Waals surface area (Å²) in [4.78, 5) is 30.0. The van der Waals surface area contributed by atoms with E-state index < -0.39 is 4.92 Å². The van der Waals surface area contributed by atoms with Gasteiger partial charge in [0.2, 0.25) is 0 Å². The highest BCUT2D eigenvalue weighted by Crippen LogP contribution is 2.36. The SMILES string of the molecule is CCN1C(=O)/C(=C\c2ccc(-c3ccc([N+](=O)[O-])cc3Cl)o2)SC1=Nc1ccc(OC)cc1. The predicted octanol–water partition coefficient (Wildman–Crippen LogP) is 6.14. The van der Waals surface area contributed by atoms with Gasteiger partial charge in [0.1, 0.15) is 17.3 Å². The van der Waals surface area contributed by atoms with Crippen molar-refractivity contribution in [2.24, 2.45) is 4.99 Å². The number of aliphatic imine (C=N–C) groups is 1. The predicted molar refractivity (Wildman–Crippen MR) is 129 cm³/mol. The van der Waals surface area contributed by atoms with Gasteiger partial charge in [-0.2, -0.15) is 0 Å². The number of amidine groups is 1. The standard InChI is InChI=1S/C23H18ClN3O5S/c1-3-26-22(28)21(33-23(26)25-14-4-7-16(31-2)8-5-14)13-17-9-11-20(32-17)18-10-6-15(27(29)30)12-19(18)24/h4-13H,3H2,1-2H3/b21-13+,25-23?. The fraction of sp³-hybridized carbons (Fsp3) is 0.130. The number of methoxy groups -OCH3 is 1. The second kappa shape index (κ2) is 9.51. The number of hydrogen-bond donors (Lipinski definition) is 0. The number of ether oxygens (including phenoxy) is 1. The number of likely N-dealkylation sites (N-methyl/N-ethyl adjacent to an activating group) is 1. The summed E-state index contributed by atoms with van der Waals surface area (Å²) in [5.41, 5.74) is 1.13. The van der Waals surface area contributed by atoms with E-state index in [1.165, 1.54) is 30.0 Å². The zero-order valence-corrected chi connectivity index (χ0v) is 19.2. The first-order valence-electron chi connectivity index (χ1n) is 9.88. The largest absolute Gasteiger partial charge is 0.497 e. The molecule has 1 aliphatic heterocycles. The molecule has 1 fully saturated rings. The zero-order chi connectivity index (χ0) is 23.5. The van der Waals surface area contributed by atoms with Crippen LogP contribution in [0.2, 0.25) is 5.02 Å². The Morgan fingerprint density at radius 2 is 1.97 bits per heavy atom. The average Bonchev–Trinajstić information content (AvgIpc) is 3.38. The van der Waals surface area contributed by atoms with Crippen LogP contribution in [0.1, 0.15) is 12.7 Å². The monoisotopic (exact) mass is 483 g/mol. The molecule has 1 amide bonds. The van der Waals surface area contributed by atoms with Crippen molar-refractivity contribution >= 4 is 51.9 Å². The van der Waals surface area contributed by atoms with Crippen molar-refractivity contribution < 1.29 is 18.9 Å². The Kier molecular flexibility index (Phi) is 6.52. The number of amides is 1. The molecule has 0 bridgehead atoms. The Balaban J connectivity index is 1.59. The third-order valence-corrected chi connectivity index (χ3v) is 6.15. The molecule has 168 valence electrons. The number of nitro benzene ring substituents is 1. The molecule has 0 aliphatic carbocycles. The third kappa shape index (κ3) is 4.79. The lowest BCUT2D eigenvalue weighted by Crippen LogP contribution is -2.28. The highest BCUT2D eigenvalue weighted by molar-refractivity contribution is 8.18. The molecule has 2 aromatic carbocycles. The number of benzene rings is 2. The number of furan rings is 1. The van der Waals surface area contributed by atoms with Gasteiger partial charge in [0.15, 0.2) is 5.17 Å². The highest BCUT2D eigenvalue weighted by Gasteiger charge is 2.32. The van der Waals surface area contributed by atoms with Gasteiger partial charge >= 0.3 is 0 Å². The van der Waals surface area contributed by atoms with Crippen LogP contribution >= 0.6 is 23.4 Å². The lowest BCUT2D eigenvalue weighted by molar-refractivity contribution is -0.384. The first kappa shape index (κ1) is 22.6. The van der Waals surface area contributed by atoms with Crippen molar-refractivity contribution in [1.82, 2.24) is 4.90 Å². The Labute approximate surface area is 198 Å². The quantitative estimate of drug-likeness (QED) is 0.237. The molecule has 1 saturated heterocycles. The minimum Gasteiger partial charge on any atom is -0.497 e. The number of rotatable bonds is 6. The van der Waals surface area contributed by atoms with E-state index in [2.05, 4.69) is 4.99 Å². The molecular formula is C23H18ClN3O5S.